The third-order valence-electron chi connectivity index (χ3n) is 4.25. The summed E-state index contributed by atoms with van der Waals surface area (Å²) in [5, 5.41) is 15.1. The lowest BCUT2D eigenvalue weighted by Gasteiger charge is -2.11. The van der Waals surface area contributed by atoms with Crippen LogP contribution in [0.2, 0.25) is 5.02 Å². The molecular formula is C20H16ClN5O2S. The van der Waals surface area contributed by atoms with Gasteiger partial charge in [-0.2, -0.15) is 4.68 Å². The number of halogens is 1. The Kier molecular flexibility index (Phi) is 5.28. The van der Waals surface area contributed by atoms with E-state index in [4.69, 9.17) is 16.3 Å². The highest BCUT2D eigenvalue weighted by Crippen LogP contribution is 2.30. The molecule has 29 heavy (non-hydrogen) atoms. The van der Waals surface area contributed by atoms with E-state index in [0.717, 1.165) is 10.4 Å². The summed E-state index contributed by atoms with van der Waals surface area (Å²) < 4.78 is 6.95. The number of carbonyl (C=O) groups is 1. The van der Waals surface area contributed by atoms with Gasteiger partial charge in [0.15, 0.2) is 5.82 Å². The molecule has 0 spiro atoms. The molecule has 0 bridgehead atoms. The Balaban J connectivity index is 1.57. The number of hydrogen-bond donors (Lipinski definition) is 1. The van der Waals surface area contributed by atoms with Gasteiger partial charge in [-0.15, -0.1) is 16.4 Å². The molecule has 7 nitrogen and oxygen atoms in total. The van der Waals surface area contributed by atoms with E-state index in [1.54, 1.807) is 43.0 Å². The number of ether oxygens (including phenoxy) is 1. The van der Waals surface area contributed by atoms with Gasteiger partial charge < -0.3 is 10.1 Å². The molecule has 2 aromatic carbocycles. The van der Waals surface area contributed by atoms with Crippen LogP contribution in [-0.2, 0) is 0 Å². The molecule has 0 fully saturated rings. The van der Waals surface area contributed by atoms with E-state index in [2.05, 4.69) is 20.8 Å². The largest absolute Gasteiger partial charge is 0.494 e. The predicted octanol–water partition coefficient (Wildman–Crippen LogP) is 4.61. The van der Waals surface area contributed by atoms with E-state index < -0.39 is 0 Å². The van der Waals surface area contributed by atoms with Crippen molar-refractivity contribution in [3.8, 4) is 21.9 Å². The number of anilines is 1. The zero-order valence-corrected chi connectivity index (χ0v) is 17.2. The average molecular weight is 426 g/mol. The molecule has 2 aromatic heterocycles. The number of hydrogen-bond acceptors (Lipinski definition) is 6. The van der Waals surface area contributed by atoms with E-state index in [1.807, 2.05) is 30.3 Å². The Hall–Kier alpha value is -3.23. The number of thiophene rings is 1. The molecule has 4 aromatic rings. The number of nitrogens with one attached hydrogen (secondary N) is 1. The lowest BCUT2D eigenvalue weighted by Crippen LogP contribution is -2.11. The first-order chi connectivity index (χ1) is 14.0. The van der Waals surface area contributed by atoms with E-state index in [9.17, 15) is 4.79 Å². The zero-order valence-electron chi connectivity index (χ0n) is 15.6. The molecule has 1 amide bonds. The smallest absolute Gasteiger partial charge is 0.265 e. The number of benzene rings is 2. The first kappa shape index (κ1) is 19.1. The zero-order chi connectivity index (χ0) is 20.4. The van der Waals surface area contributed by atoms with Crippen molar-refractivity contribution >= 4 is 34.5 Å². The molecule has 0 radical (unpaired) electrons. The van der Waals surface area contributed by atoms with Gasteiger partial charge in [0.05, 0.1) is 12.0 Å². The molecule has 146 valence electrons. The van der Waals surface area contributed by atoms with Crippen molar-refractivity contribution in [3.05, 3.63) is 70.3 Å². The van der Waals surface area contributed by atoms with E-state index in [-0.39, 0.29) is 5.91 Å². The first-order valence-electron chi connectivity index (χ1n) is 8.65. The summed E-state index contributed by atoms with van der Waals surface area (Å²) in [6.45, 7) is 1.79. The van der Waals surface area contributed by atoms with Crippen LogP contribution in [-0.4, -0.2) is 33.2 Å². The fourth-order valence-electron chi connectivity index (χ4n) is 2.81. The molecule has 9 heteroatoms. The summed E-state index contributed by atoms with van der Waals surface area (Å²) in [6, 6.07) is 16.6. The van der Waals surface area contributed by atoms with Crippen LogP contribution in [0.25, 0.3) is 16.1 Å². The molecule has 0 aliphatic carbocycles. The third kappa shape index (κ3) is 3.98. The van der Waals surface area contributed by atoms with Crippen LogP contribution in [0.1, 0.15) is 15.5 Å². The summed E-state index contributed by atoms with van der Waals surface area (Å²) in [7, 11) is 1.57. The summed E-state index contributed by atoms with van der Waals surface area (Å²) in [5.41, 5.74) is 2.27. The van der Waals surface area contributed by atoms with Crippen LogP contribution in [0.4, 0.5) is 5.69 Å². The van der Waals surface area contributed by atoms with E-state index >= 15 is 0 Å². The van der Waals surface area contributed by atoms with Crippen molar-refractivity contribution in [2.45, 2.75) is 6.92 Å². The molecule has 0 aliphatic heterocycles. The molecule has 0 aliphatic rings. The summed E-state index contributed by atoms with van der Waals surface area (Å²) in [4.78, 5) is 14.3. The van der Waals surface area contributed by atoms with Gasteiger partial charge in [0.2, 0.25) is 0 Å². The van der Waals surface area contributed by atoms with Crippen LogP contribution in [0.5, 0.6) is 5.75 Å². The molecule has 0 saturated carbocycles. The van der Waals surface area contributed by atoms with Crippen molar-refractivity contribution in [2.75, 3.05) is 12.4 Å². The van der Waals surface area contributed by atoms with Gasteiger partial charge in [-0.3, -0.25) is 4.79 Å². The number of nitrogens with zero attached hydrogens (tertiary/aromatic N) is 4. The van der Waals surface area contributed by atoms with Gasteiger partial charge in [-0.05, 0) is 65.4 Å². The standard InChI is InChI=1S/C20H16ClN5O2S/c1-12-23-24-25-26(12)16-11-15(7-8-17(16)28-2)22-20(27)19-10-9-18(29-19)13-3-5-14(21)6-4-13/h3-11H,1-2H3,(H,22,27). The Bertz CT molecular complexity index is 1170. The number of aromatic nitrogens is 4. The fraction of sp³-hybridized carbons (Fsp3) is 0.100. The van der Waals surface area contributed by atoms with Crippen molar-refractivity contribution in [1.82, 2.24) is 20.2 Å². The second-order valence-corrected chi connectivity index (χ2v) is 7.67. The molecule has 2 heterocycles. The lowest BCUT2D eigenvalue weighted by atomic mass is 10.2. The minimum absolute atomic E-state index is 0.195. The molecule has 0 saturated heterocycles. The molecule has 0 atom stereocenters. The second-order valence-electron chi connectivity index (χ2n) is 6.15. The van der Waals surface area contributed by atoms with Crippen LogP contribution in [0, 0.1) is 6.92 Å². The maximum atomic E-state index is 12.7. The predicted molar refractivity (Wildman–Crippen MR) is 113 cm³/mol. The normalized spacial score (nSPS) is 10.7. The first-order valence-corrected chi connectivity index (χ1v) is 9.85. The van der Waals surface area contributed by atoms with Gasteiger partial charge >= 0.3 is 0 Å². The van der Waals surface area contributed by atoms with Crippen LogP contribution >= 0.6 is 22.9 Å². The molecular weight excluding hydrogens is 410 g/mol. The lowest BCUT2D eigenvalue weighted by molar-refractivity contribution is 0.103. The highest BCUT2D eigenvalue weighted by atomic mass is 35.5. The van der Waals surface area contributed by atoms with E-state index in [0.29, 0.717) is 32.8 Å². The summed E-state index contributed by atoms with van der Waals surface area (Å²) in [5.74, 6) is 1.01. The minimum atomic E-state index is -0.195. The number of carbonyl (C=O) groups excluding carboxylic acids is 1. The van der Waals surface area contributed by atoms with Crippen LogP contribution in [0.3, 0.4) is 0 Å². The van der Waals surface area contributed by atoms with Gasteiger partial charge in [0, 0.05) is 15.6 Å². The van der Waals surface area contributed by atoms with Gasteiger partial charge in [-0.1, -0.05) is 23.7 Å². The Labute approximate surface area is 175 Å². The van der Waals surface area contributed by atoms with E-state index in [1.165, 1.54) is 11.3 Å². The SMILES string of the molecule is COc1ccc(NC(=O)c2ccc(-c3ccc(Cl)cc3)s2)cc1-n1nnnc1C. The van der Waals surface area contributed by atoms with Gasteiger partial charge in [0.25, 0.3) is 5.91 Å². The minimum Gasteiger partial charge on any atom is -0.494 e. The average Bonchev–Trinajstić information content (AvgIpc) is 3.38. The molecule has 4 rings (SSSR count). The van der Waals surface area contributed by atoms with Gasteiger partial charge in [0.1, 0.15) is 11.4 Å². The van der Waals surface area contributed by atoms with Crippen molar-refractivity contribution in [2.24, 2.45) is 0 Å². The number of rotatable bonds is 5. The monoisotopic (exact) mass is 425 g/mol. The highest BCUT2D eigenvalue weighted by Gasteiger charge is 2.14. The maximum absolute atomic E-state index is 12.7. The highest BCUT2D eigenvalue weighted by molar-refractivity contribution is 7.17. The number of methoxy groups -OCH3 is 1. The van der Waals surface area contributed by atoms with Gasteiger partial charge in [-0.25, -0.2) is 0 Å². The summed E-state index contributed by atoms with van der Waals surface area (Å²) in [6.07, 6.45) is 0. The quantitative estimate of drug-likeness (QED) is 0.504. The third-order valence-corrected chi connectivity index (χ3v) is 5.63. The number of tetrazole rings is 1. The number of aryl methyl sites for hydroxylation is 1. The van der Waals surface area contributed by atoms with Crippen LogP contribution in [0.15, 0.2) is 54.6 Å². The Morgan fingerprint density at radius 1 is 1.14 bits per heavy atom. The molecule has 1 N–H and O–H groups in total. The molecule has 0 unspecified atom stereocenters. The maximum Gasteiger partial charge on any atom is 0.265 e. The van der Waals surface area contributed by atoms with Crippen molar-refractivity contribution in [1.29, 1.82) is 0 Å². The van der Waals surface area contributed by atoms with Crippen molar-refractivity contribution in [3.63, 3.8) is 0 Å². The fourth-order valence-corrected chi connectivity index (χ4v) is 3.84. The summed E-state index contributed by atoms with van der Waals surface area (Å²) >= 11 is 7.36. The van der Waals surface area contributed by atoms with Crippen LogP contribution < -0.4 is 10.1 Å². The number of amides is 1. The Morgan fingerprint density at radius 2 is 1.93 bits per heavy atom. The Morgan fingerprint density at radius 3 is 2.62 bits per heavy atom. The van der Waals surface area contributed by atoms with Crippen molar-refractivity contribution < 1.29 is 9.53 Å². The second kappa shape index (κ2) is 8.02. The topological polar surface area (TPSA) is 81.9 Å².